The Hall–Kier alpha value is -0.120. The van der Waals surface area contributed by atoms with Gasteiger partial charge in [-0.25, -0.2) is 0 Å². The molecule has 0 aromatic rings. The lowest BCUT2D eigenvalue weighted by atomic mass is 9.66. The lowest BCUT2D eigenvalue weighted by Gasteiger charge is -2.49. The van der Waals surface area contributed by atoms with E-state index in [9.17, 15) is 0 Å². The van der Waals surface area contributed by atoms with Gasteiger partial charge in [-0.3, -0.25) is 0 Å². The normalized spacial score (nSPS) is 35.3. The summed E-state index contributed by atoms with van der Waals surface area (Å²) in [4.78, 5) is 0. The highest BCUT2D eigenvalue weighted by atomic mass is 16.5. The Morgan fingerprint density at radius 3 is 2.12 bits per heavy atom. The van der Waals surface area contributed by atoms with Crippen LogP contribution in [0.4, 0.5) is 0 Å². The molecule has 2 N–H and O–H groups in total. The summed E-state index contributed by atoms with van der Waals surface area (Å²) in [7, 11) is 1.80. The number of hydrogen-bond acceptors (Lipinski definition) is 3. The number of nitrogens with two attached hydrogens (primary N) is 1. The highest BCUT2D eigenvalue weighted by molar-refractivity contribution is 5.08. The maximum atomic E-state index is 6.52. The maximum Gasteiger partial charge on any atom is 0.0832 e. The van der Waals surface area contributed by atoms with Gasteiger partial charge in [0.25, 0.3) is 0 Å². The van der Waals surface area contributed by atoms with Crippen molar-refractivity contribution >= 4 is 0 Å². The number of methoxy groups -OCH3 is 1. The first-order valence-corrected chi connectivity index (χ1v) is 6.73. The quantitative estimate of drug-likeness (QED) is 0.825. The van der Waals surface area contributed by atoms with Crippen molar-refractivity contribution in [2.75, 3.05) is 7.11 Å². The molecule has 2 aliphatic rings. The molecule has 2 unspecified atom stereocenters. The molecule has 0 bridgehead atoms. The molecule has 17 heavy (non-hydrogen) atoms. The Morgan fingerprint density at radius 2 is 1.82 bits per heavy atom. The fourth-order valence-corrected chi connectivity index (χ4v) is 3.73. The lowest BCUT2D eigenvalue weighted by Crippen LogP contribution is -2.60. The van der Waals surface area contributed by atoms with Gasteiger partial charge in [0.05, 0.1) is 16.8 Å². The van der Waals surface area contributed by atoms with Gasteiger partial charge >= 0.3 is 0 Å². The van der Waals surface area contributed by atoms with Crippen LogP contribution in [0.25, 0.3) is 0 Å². The zero-order valence-electron chi connectivity index (χ0n) is 11.9. The van der Waals surface area contributed by atoms with Gasteiger partial charge in [-0.1, -0.05) is 0 Å². The van der Waals surface area contributed by atoms with Crippen molar-refractivity contribution in [3.63, 3.8) is 0 Å². The summed E-state index contributed by atoms with van der Waals surface area (Å²) in [6.45, 7) is 8.63. The molecule has 2 fully saturated rings. The minimum atomic E-state index is -0.149. The average Bonchev–Trinajstić information content (AvgIpc) is 2.33. The van der Waals surface area contributed by atoms with Crippen LogP contribution in [0, 0.1) is 5.92 Å². The predicted octanol–water partition coefficient (Wildman–Crippen LogP) is 2.48. The molecule has 0 amide bonds. The molecule has 0 radical (unpaired) electrons. The van der Waals surface area contributed by atoms with E-state index in [-0.39, 0.29) is 22.8 Å². The summed E-state index contributed by atoms with van der Waals surface area (Å²) in [6, 6.07) is 0.0815. The van der Waals surface area contributed by atoms with Crippen molar-refractivity contribution in [2.24, 2.45) is 11.7 Å². The van der Waals surface area contributed by atoms with Crippen molar-refractivity contribution < 1.29 is 9.47 Å². The van der Waals surface area contributed by atoms with Crippen LogP contribution in [0.1, 0.15) is 53.4 Å². The van der Waals surface area contributed by atoms with Crippen molar-refractivity contribution in [3.8, 4) is 0 Å². The Kier molecular flexibility index (Phi) is 3.08. The standard InChI is InChI=1S/C14H27NO2/c1-12(2)9-10(13(3,4)17-12)11(15)14(16-5)7-6-8-14/h10-11H,6-9,15H2,1-5H3. The highest BCUT2D eigenvalue weighted by Crippen LogP contribution is 2.49. The third kappa shape index (κ3) is 2.13. The summed E-state index contributed by atoms with van der Waals surface area (Å²) in [5.41, 5.74) is 6.22. The Balaban J connectivity index is 2.17. The van der Waals surface area contributed by atoms with E-state index >= 15 is 0 Å². The topological polar surface area (TPSA) is 44.5 Å². The van der Waals surface area contributed by atoms with Gasteiger partial charge < -0.3 is 15.2 Å². The van der Waals surface area contributed by atoms with Crippen molar-refractivity contribution in [3.05, 3.63) is 0 Å². The molecule has 2 atom stereocenters. The minimum Gasteiger partial charge on any atom is -0.377 e. The van der Waals surface area contributed by atoms with Crippen LogP contribution >= 0.6 is 0 Å². The Bertz CT molecular complexity index is 289. The third-order valence-corrected chi connectivity index (χ3v) is 4.79. The fourth-order valence-electron chi connectivity index (χ4n) is 3.73. The molecule has 3 heteroatoms. The number of hydrogen-bond donors (Lipinski definition) is 1. The van der Waals surface area contributed by atoms with Crippen LogP contribution in [0.2, 0.25) is 0 Å². The molecular weight excluding hydrogens is 214 g/mol. The van der Waals surface area contributed by atoms with Crippen LogP contribution in [-0.4, -0.2) is 30.0 Å². The van der Waals surface area contributed by atoms with Gasteiger partial charge in [0.15, 0.2) is 0 Å². The summed E-state index contributed by atoms with van der Waals surface area (Å²) >= 11 is 0. The lowest BCUT2D eigenvalue weighted by molar-refractivity contribution is -0.125. The molecule has 1 aliphatic heterocycles. The van der Waals surface area contributed by atoms with E-state index in [2.05, 4.69) is 27.7 Å². The van der Waals surface area contributed by atoms with E-state index in [4.69, 9.17) is 15.2 Å². The second-order valence-electron chi connectivity index (χ2n) is 6.92. The van der Waals surface area contributed by atoms with Gasteiger partial charge in [0.1, 0.15) is 0 Å². The van der Waals surface area contributed by atoms with Gasteiger partial charge in [-0.2, -0.15) is 0 Å². The van der Waals surface area contributed by atoms with E-state index in [0.29, 0.717) is 5.92 Å². The monoisotopic (exact) mass is 241 g/mol. The number of rotatable bonds is 3. The fraction of sp³-hybridized carbons (Fsp3) is 1.00. The maximum absolute atomic E-state index is 6.52. The molecular formula is C14H27NO2. The van der Waals surface area contributed by atoms with Crippen LogP contribution in [0.15, 0.2) is 0 Å². The molecule has 0 spiro atoms. The van der Waals surface area contributed by atoms with Gasteiger partial charge in [-0.15, -0.1) is 0 Å². The third-order valence-electron chi connectivity index (χ3n) is 4.79. The number of ether oxygens (including phenoxy) is 2. The molecule has 1 saturated carbocycles. The van der Waals surface area contributed by atoms with E-state index < -0.39 is 0 Å². The highest BCUT2D eigenvalue weighted by Gasteiger charge is 2.55. The smallest absolute Gasteiger partial charge is 0.0832 e. The first-order valence-electron chi connectivity index (χ1n) is 6.73. The summed E-state index contributed by atoms with van der Waals surface area (Å²) < 4.78 is 11.9. The second kappa shape index (κ2) is 3.94. The molecule has 0 aromatic carbocycles. The van der Waals surface area contributed by atoms with Crippen molar-refractivity contribution in [2.45, 2.75) is 76.2 Å². The molecule has 0 aromatic heterocycles. The predicted molar refractivity (Wildman–Crippen MR) is 68.9 cm³/mol. The minimum absolute atomic E-state index is 0.0650. The molecule has 1 saturated heterocycles. The Morgan fingerprint density at radius 1 is 1.24 bits per heavy atom. The molecule has 1 aliphatic carbocycles. The first-order chi connectivity index (χ1) is 7.72. The SMILES string of the molecule is COC1(C(N)C2CC(C)(C)OC2(C)C)CCC1. The van der Waals surface area contributed by atoms with Crippen LogP contribution < -0.4 is 5.73 Å². The van der Waals surface area contributed by atoms with Crippen LogP contribution in [-0.2, 0) is 9.47 Å². The molecule has 2 rings (SSSR count). The van der Waals surface area contributed by atoms with Crippen molar-refractivity contribution in [1.82, 2.24) is 0 Å². The molecule has 1 heterocycles. The summed E-state index contributed by atoms with van der Waals surface area (Å²) in [5.74, 6) is 0.373. The van der Waals surface area contributed by atoms with Crippen molar-refractivity contribution in [1.29, 1.82) is 0 Å². The van der Waals surface area contributed by atoms with E-state index in [0.717, 1.165) is 19.3 Å². The van der Waals surface area contributed by atoms with Crippen LogP contribution in [0.5, 0.6) is 0 Å². The first kappa shape index (κ1) is 13.3. The summed E-state index contributed by atoms with van der Waals surface area (Å²) in [5, 5.41) is 0. The molecule has 3 nitrogen and oxygen atoms in total. The zero-order chi connectivity index (χ0) is 12.9. The van der Waals surface area contributed by atoms with Gasteiger partial charge in [-0.05, 0) is 53.4 Å². The average molecular weight is 241 g/mol. The van der Waals surface area contributed by atoms with Gasteiger partial charge in [0.2, 0.25) is 0 Å². The second-order valence-corrected chi connectivity index (χ2v) is 6.92. The van der Waals surface area contributed by atoms with Gasteiger partial charge in [0, 0.05) is 19.1 Å². The van der Waals surface area contributed by atoms with E-state index in [1.54, 1.807) is 7.11 Å². The summed E-state index contributed by atoms with van der Waals surface area (Å²) in [6.07, 6.45) is 4.45. The Labute approximate surface area is 105 Å². The van der Waals surface area contributed by atoms with E-state index in [1.807, 2.05) is 0 Å². The van der Waals surface area contributed by atoms with E-state index in [1.165, 1.54) is 6.42 Å². The molecule has 100 valence electrons. The van der Waals surface area contributed by atoms with Crippen LogP contribution in [0.3, 0.4) is 0 Å². The zero-order valence-corrected chi connectivity index (χ0v) is 11.9. The largest absolute Gasteiger partial charge is 0.377 e.